The van der Waals surface area contributed by atoms with E-state index in [1.165, 1.54) is 0 Å². The van der Waals surface area contributed by atoms with Gasteiger partial charge < -0.3 is 9.47 Å². The Bertz CT molecular complexity index is 818. The number of para-hydroxylation sites is 1. The van der Waals surface area contributed by atoms with Crippen LogP contribution in [0.15, 0.2) is 66.7 Å². The first kappa shape index (κ1) is 15.1. The maximum absolute atomic E-state index is 12.5. The summed E-state index contributed by atoms with van der Waals surface area (Å²) in [5, 5.41) is 1.95. The highest BCUT2D eigenvalue weighted by Gasteiger charge is 2.15. The second-order valence-electron chi connectivity index (χ2n) is 5.21. The van der Waals surface area contributed by atoms with E-state index in [0.717, 1.165) is 17.2 Å². The van der Waals surface area contributed by atoms with E-state index < -0.39 is 5.97 Å². The predicted molar refractivity (Wildman–Crippen MR) is 91.1 cm³/mol. The molecule has 0 bridgehead atoms. The number of carbonyl (C=O) groups is 1. The summed E-state index contributed by atoms with van der Waals surface area (Å²) in [6.45, 7) is 2.59. The fourth-order valence-corrected chi connectivity index (χ4v) is 2.41. The number of ether oxygens (including phenoxy) is 2. The molecule has 0 amide bonds. The van der Waals surface area contributed by atoms with E-state index >= 15 is 0 Å². The molecule has 3 heteroatoms. The van der Waals surface area contributed by atoms with Gasteiger partial charge >= 0.3 is 5.97 Å². The lowest BCUT2D eigenvalue weighted by molar-refractivity contribution is 0.0732. The fraction of sp³-hybridized carbons (Fsp3) is 0.150. The smallest absolute Gasteiger partial charge is 0.347 e. The molecular formula is C20H18O3. The molecular weight excluding hydrogens is 288 g/mol. The molecule has 23 heavy (non-hydrogen) atoms. The lowest BCUT2D eigenvalue weighted by Crippen LogP contribution is -2.11. The average molecular weight is 306 g/mol. The summed E-state index contributed by atoms with van der Waals surface area (Å²) in [7, 11) is 0. The largest absolute Gasteiger partial charge is 0.493 e. The van der Waals surface area contributed by atoms with E-state index in [-0.39, 0.29) is 0 Å². The number of esters is 1. The first-order valence-electron chi connectivity index (χ1n) is 7.71. The van der Waals surface area contributed by atoms with Gasteiger partial charge in [-0.15, -0.1) is 0 Å². The number of fused-ring (bicyclic) bond motifs is 1. The van der Waals surface area contributed by atoms with Crippen molar-refractivity contribution < 1.29 is 14.3 Å². The molecule has 3 rings (SSSR count). The van der Waals surface area contributed by atoms with Crippen LogP contribution in [0.4, 0.5) is 0 Å². The van der Waals surface area contributed by atoms with Gasteiger partial charge in [0.2, 0.25) is 0 Å². The van der Waals surface area contributed by atoms with Crippen LogP contribution in [0.2, 0.25) is 0 Å². The van der Waals surface area contributed by atoms with Crippen LogP contribution in [-0.4, -0.2) is 12.6 Å². The lowest BCUT2D eigenvalue weighted by Gasteiger charge is -2.11. The average Bonchev–Trinajstić information content (AvgIpc) is 2.60. The van der Waals surface area contributed by atoms with Gasteiger partial charge in [0.25, 0.3) is 0 Å². The molecule has 0 heterocycles. The Morgan fingerprint density at radius 2 is 1.57 bits per heavy atom. The molecule has 116 valence electrons. The van der Waals surface area contributed by atoms with Crippen LogP contribution < -0.4 is 9.47 Å². The van der Waals surface area contributed by atoms with Gasteiger partial charge in [0.05, 0.1) is 6.61 Å². The van der Waals surface area contributed by atoms with E-state index in [2.05, 4.69) is 0 Å². The van der Waals surface area contributed by atoms with Gasteiger partial charge in [-0.25, -0.2) is 4.79 Å². The number of carbonyl (C=O) groups excluding carboxylic acids is 1. The van der Waals surface area contributed by atoms with E-state index in [1.807, 2.05) is 49.4 Å². The fourth-order valence-electron chi connectivity index (χ4n) is 2.41. The molecule has 0 spiro atoms. The van der Waals surface area contributed by atoms with Crippen molar-refractivity contribution in [2.75, 3.05) is 6.61 Å². The van der Waals surface area contributed by atoms with E-state index in [1.54, 1.807) is 24.3 Å². The van der Waals surface area contributed by atoms with Crippen LogP contribution in [0, 0.1) is 0 Å². The first-order chi connectivity index (χ1) is 11.3. The third-order valence-electron chi connectivity index (χ3n) is 3.52. The molecule has 3 aromatic rings. The van der Waals surface area contributed by atoms with E-state index in [0.29, 0.717) is 23.7 Å². The van der Waals surface area contributed by atoms with Gasteiger partial charge in [0.15, 0.2) is 0 Å². The van der Waals surface area contributed by atoms with Crippen LogP contribution in [0.25, 0.3) is 10.8 Å². The van der Waals surface area contributed by atoms with Gasteiger partial charge in [-0.3, -0.25) is 0 Å². The highest BCUT2D eigenvalue weighted by Crippen LogP contribution is 2.27. The Kier molecular flexibility index (Phi) is 4.57. The lowest BCUT2D eigenvalue weighted by atomic mass is 10.1. The molecule has 0 N–H and O–H groups in total. The van der Waals surface area contributed by atoms with Crippen molar-refractivity contribution in [3.8, 4) is 11.5 Å². The number of benzene rings is 3. The molecule has 3 nitrogen and oxygen atoms in total. The van der Waals surface area contributed by atoms with E-state index in [9.17, 15) is 4.79 Å². The molecule has 0 unspecified atom stereocenters. The Balaban J connectivity index is 1.89. The normalized spacial score (nSPS) is 10.5. The first-order valence-corrected chi connectivity index (χ1v) is 7.71. The third-order valence-corrected chi connectivity index (χ3v) is 3.52. The Morgan fingerprint density at radius 1 is 0.870 bits per heavy atom. The second kappa shape index (κ2) is 6.97. The molecule has 0 radical (unpaired) electrons. The van der Waals surface area contributed by atoms with Crippen molar-refractivity contribution in [1.29, 1.82) is 0 Å². The van der Waals surface area contributed by atoms with E-state index in [4.69, 9.17) is 9.47 Å². The van der Waals surface area contributed by atoms with Crippen LogP contribution in [-0.2, 0) is 0 Å². The Hall–Kier alpha value is -2.81. The second-order valence-corrected chi connectivity index (χ2v) is 5.21. The summed E-state index contributed by atoms with van der Waals surface area (Å²) >= 11 is 0. The number of hydrogen-bond donors (Lipinski definition) is 0. The summed E-state index contributed by atoms with van der Waals surface area (Å²) < 4.78 is 11.2. The number of hydrogen-bond acceptors (Lipinski definition) is 3. The molecule has 0 atom stereocenters. The Labute approximate surface area is 135 Å². The predicted octanol–water partition coefficient (Wildman–Crippen LogP) is 4.85. The van der Waals surface area contributed by atoms with Crippen LogP contribution in [0.5, 0.6) is 11.5 Å². The summed E-state index contributed by atoms with van der Waals surface area (Å²) in [6.07, 6.45) is 0.882. The van der Waals surface area contributed by atoms with Gasteiger partial charge in [0, 0.05) is 5.39 Å². The number of rotatable bonds is 5. The summed E-state index contributed by atoms with van der Waals surface area (Å²) in [5.41, 5.74) is 0.439. The summed E-state index contributed by atoms with van der Waals surface area (Å²) in [4.78, 5) is 12.5. The van der Waals surface area contributed by atoms with Crippen molar-refractivity contribution in [1.82, 2.24) is 0 Å². The molecule has 3 aromatic carbocycles. The zero-order valence-electron chi connectivity index (χ0n) is 13.0. The minimum Gasteiger partial charge on any atom is -0.493 e. The van der Waals surface area contributed by atoms with Gasteiger partial charge in [-0.2, -0.15) is 0 Å². The molecule has 0 saturated heterocycles. The van der Waals surface area contributed by atoms with Gasteiger partial charge in [-0.1, -0.05) is 55.5 Å². The molecule has 0 aliphatic heterocycles. The van der Waals surface area contributed by atoms with Crippen molar-refractivity contribution >= 4 is 16.7 Å². The van der Waals surface area contributed by atoms with Crippen molar-refractivity contribution in [3.05, 3.63) is 72.3 Å². The topological polar surface area (TPSA) is 35.5 Å². The van der Waals surface area contributed by atoms with Crippen LogP contribution in [0.1, 0.15) is 23.7 Å². The van der Waals surface area contributed by atoms with Gasteiger partial charge in [-0.05, 0) is 30.0 Å². The maximum atomic E-state index is 12.5. The van der Waals surface area contributed by atoms with Crippen molar-refractivity contribution in [3.63, 3.8) is 0 Å². The van der Waals surface area contributed by atoms with Crippen molar-refractivity contribution in [2.45, 2.75) is 13.3 Å². The SMILES string of the molecule is CCCOc1ccccc1C(=O)Oc1cccc2ccccc12. The Morgan fingerprint density at radius 3 is 2.43 bits per heavy atom. The third kappa shape index (κ3) is 3.34. The summed E-state index contributed by atoms with van der Waals surface area (Å²) in [5.74, 6) is 0.700. The van der Waals surface area contributed by atoms with Crippen molar-refractivity contribution in [2.24, 2.45) is 0 Å². The molecule has 0 fully saturated rings. The van der Waals surface area contributed by atoms with Gasteiger partial charge in [0.1, 0.15) is 17.1 Å². The quantitative estimate of drug-likeness (QED) is 0.499. The molecule has 0 aliphatic carbocycles. The monoisotopic (exact) mass is 306 g/mol. The minimum absolute atomic E-state index is 0.409. The zero-order valence-corrected chi connectivity index (χ0v) is 13.0. The standard InChI is InChI=1S/C20H18O3/c1-2-14-22-18-12-6-5-11-17(18)20(21)23-19-13-7-9-15-8-3-4-10-16(15)19/h3-13H,2,14H2,1H3. The molecule has 0 saturated carbocycles. The maximum Gasteiger partial charge on any atom is 0.347 e. The minimum atomic E-state index is -0.409. The molecule has 0 aliphatic rings. The summed E-state index contributed by atoms with van der Waals surface area (Å²) in [6, 6.07) is 20.7. The zero-order chi connectivity index (χ0) is 16.1. The van der Waals surface area contributed by atoms with Crippen LogP contribution >= 0.6 is 0 Å². The highest BCUT2D eigenvalue weighted by molar-refractivity contribution is 5.97. The highest BCUT2D eigenvalue weighted by atomic mass is 16.5. The van der Waals surface area contributed by atoms with Crippen LogP contribution in [0.3, 0.4) is 0 Å². The molecule has 0 aromatic heterocycles.